The van der Waals surface area contributed by atoms with Crippen LogP contribution in [0.25, 0.3) is 10.9 Å². The predicted octanol–water partition coefficient (Wildman–Crippen LogP) is 4.68. The van der Waals surface area contributed by atoms with Crippen LogP contribution in [0.1, 0.15) is 19.5 Å². The van der Waals surface area contributed by atoms with Gasteiger partial charge in [0.1, 0.15) is 0 Å². The number of nitrogens with zero attached hydrogens (tertiary/aromatic N) is 1. The van der Waals surface area contributed by atoms with Crippen molar-refractivity contribution >= 4 is 38.6 Å². The third-order valence-corrected chi connectivity index (χ3v) is 4.12. The summed E-state index contributed by atoms with van der Waals surface area (Å²) >= 11 is 5.52. The van der Waals surface area contributed by atoms with E-state index in [0.717, 1.165) is 16.8 Å². The van der Waals surface area contributed by atoms with Crippen LogP contribution in [0, 0.1) is 0 Å². The summed E-state index contributed by atoms with van der Waals surface area (Å²) < 4.78 is 3.56. The average Bonchev–Trinajstić information content (AvgIpc) is 2.63. The normalized spacial score (nSPS) is 11.2. The minimum Gasteiger partial charge on any atom is -0.344 e. The number of benzene rings is 1. The van der Waals surface area contributed by atoms with E-state index in [0.29, 0.717) is 0 Å². The molecule has 2 rings (SSSR count). The predicted molar refractivity (Wildman–Crippen MR) is 77.1 cm³/mol. The van der Waals surface area contributed by atoms with Gasteiger partial charge in [0.05, 0.1) is 0 Å². The molecule has 0 radical (unpaired) electrons. The molecule has 2 aromatic rings. The molecule has 0 saturated carbocycles. The van der Waals surface area contributed by atoms with Crippen LogP contribution in [-0.4, -0.2) is 10.3 Å². The van der Waals surface area contributed by atoms with Gasteiger partial charge in [0.2, 0.25) is 0 Å². The van der Waals surface area contributed by atoms with E-state index in [2.05, 4.69) is 58.6 Å². The summed E-state index contributed by atoms with van der Waals surface area (Å²) in [4.78, 5) is 0. The number of halogens is 1. The fourth-order valence-corrected chi connectivity index (χ4v) is 2.99. The Hall–Kier alpha value is -0.410. The first kappa shape index (κ1) is 12.1. The van der Waals surface area contributed by atoms with Crippen LogP contribution in [0.3, 0.4) is 0 Å². The maximum Gasteiger partial charge on any atom is 0.0494 e. The van der Waals surface area contributed by atoms with Crippen molar-refractivity contribution < 1.29 is 0 Å². The minimum atomic E-state index is 1.04. The molecule has 0 N–H and O–H groups in total. The van der Waals surface area contributed by atoms with Crippen LogP contribution in [0.2, 0.25) is 0 Å². The zero-order chi connectivity index (χ0) is 11.5. The summed E-state index contributed by atoms with van der Waals surface area (Å²) in [6.07, 6.45) is 0. The van der Waals surface area contributed by atoms with Gasteiger partial charge in [0.15, 0.2) is 0 Å². The molecule has 16 heavy (non-hydrogen) atoms. The Labute approximate surface area is 109 Å². The van der Waals surface area contributed by atoms with E-state index < -0.39 is 0 Å². The Bertz CT molecular complexity index is 490. The molecular weight excluding hydrogens is 282 g/mol. The molecule has 1 aromatic carbocycles. The second-order valence-corrected chi connectivity index (χ2v) is 5.91. The first-order valence-electron chi connectivity index (χ1n) is 5.61. The Kier molecular flexibility index (Phi) is 3.98. The molecule has 0 atom stereocenters. The van der Waals surface area contributed by atoms with Gasteiger partial charge in [0, 0.05) is 28.0 Å². The molecule has 0 aliphatic heterocycles. The zero-order valence-corrected chi connectivity index (χ0v) is 12.1. The van der Waals surface area contributed by atoms with Crippen LogP contribution in [-0.2, 0) is 12.3 Å². The number of rotatable bonds is 4. The number of aromatic nitrogens is 1. The fourth-order valence-electron chi connectivity index (χ4n) is 1.98. The van der Waals surface area contributed by atoms with E-state index in [-0.39, 0.29) is 0 Å². The summed E-state index contributed by atoms with van der Waals surface area (Å²) in [7, 11) is 0. The summed E-state index contributed by atoms with van der Waals surface area (Å²) in [5, 5.41) is 1.34. The van der Waals surface area contributed by atoms with Gasteiger partial charge in [-0.1, -0.05) is 28.9 Å². The van der Waals surface area contributed by atoms with Crippen LogP contribution in [0.15, 0.2) is 28.7 Å². The third-order valence-electron chi connectivity index (χ3n) is 2.72. The van der Waals surface area contributed by atoms with Gasteiger partial charge in [-0.05, 0) is 36.3 Å². The number of hydrogen-bond donors (Lipinski definition) is 0. The van der Waals surface area contributed by atoms with Crippen LogP contribution < -0.4 is 0 Å². The van der Waals surface area contributed by atoms with Crippen molar-refractivity contribution in [3.8, 4) is 0 Å². The van der Waals surface area contributed by atoms with Gasteiger partial charge < -0.3 is 4.57 Å². The number of aryl methyl sites for hydroxylation is 1. The van der Waals surface area contributed by atoms with Crippen molar-refractivity contribution in [2.75, 3.05) is 5.75 Å². The van der Waals surface area contributed by atoms with Gasteiger partial charge >= 0.3 is 0 Å². The highest BCUT2D eigenvalue weighted by Crippen LogP contribution is 2.26. The van der Waals surface area contributed by atoms with Crippen LogP contribution in [0.4, 0.5) is 0 Å². The van der Waals surface area contributed by atoms with Crippen molar-refractivity contribution in [3.05, 3.63) is 34.4 Å². The van der Waals surface area contributed by atoms with Crippen molar-refractivity contribution in [1.82, 2.24) is 4.57 Å². The van der Waals surface area contributed by atoms with E-state index in [1.807, 2.05) is 11.8 Å². The molecule has 3 heteroatoms. The van der Waals surface area contributed by atoms with E-state index in [1.54, 1.807) is 0 Å². The largest absolute Gasteiger partial charge is 0.344 e. The summed E-state index contributed by atoms with van der Waals surface area (Å²) in [6.45, 7) is 5.46. The third kappa shape index (κ3) is 2.30. The molecule has 1 nitrogen and oxygen atoms in total. The zero-order valence-electron chi connectivity index (χ0n) is 9.66. The Balaban J connectivity index is 2.49. The molecule has 0 unspecified atom stereocenters. The lowest BCUT2D eigenvalue weighted by atomic mass is 10.2. The summed E-state index contributed by atoms with van der Waals surface area (Å²) in [5.74, 6) is 2.28. The van der Waals surface area contributed by atoms with E-state index in [1.165, 1.54) is 22.3 Å². The molecule has 0 aliphatic rings. The molecule has 0 bridgehead atoms. The van der Waals surface area contributed by atoms with Crippen LogP contribution >= 0.6 is 27.7 Å². The topological polar surface area (TPSA) is 4.93 Å². The molecule has 86 valence electrons. The van der Waals surface area contributed by atoms with Gasteiger partial charge in [-0.3, -0.25) is 0 Å². The number of hydrogen-bond acceptors (Lipinski definition) is 1. The quantitative estimate of drug-likeness (QED) is 0.793. The first-order valence-corrected chi connectivity index (χ1v) is 7.56. The maximum atomic E-state index is 3.54. The first-order chi connectivity index (χ1) is 7.76. The van der Waals surface area contributed by atoms with Gasteiger partial charge in [0.25, 0.3) is 0 Å². The van der Waals surface area contributed by atoms with E-state index in [4.69, 9.17) is 0 Å². The van der Waals surface area contributed by atoms with Crippen molar-refractivity contribution in [1.29, 1.82) is 0 Å². The lowest BCUT2D eigenvalue weighted by Gasteiger charge is -2.07. The van der Waals surface area contributed by atoms with Crippen molar-refractivity contribution in [3.63, 3.8) is 0 Å². The van der Waals surface area contributed by atoms with Gasteiger partial charge in [-0.2, -0.15) is 11.8 Å². The number of thioether (sulfide) groups is 1. The van der Waals surface area contributed by atoms with Crippen molar-refractivity contribution in [2.24, 2.45) is 0 Å². The van der Waals surface area contributed by atoms with E-state index in [9.17, 15) is 0 Å². The maximum absolute atomic E-state index is 3.54. The smallest absolute Gasteiger partial charge is 0.0494 e. The molecule has 1 heterocycles. The minimum absolute atomic E-state index is 1.04. The van der Waals surface area contributed by atoms with Gasteiger partial charge in [-0.25, -0.2) is 0 Å². The SMILES string of the molecule is CCSCc1cc2ccc(Br)cc2n1CC. The Morgan fingerprint density at radius 3 is 2.75 bits per heavy atom. The highest BCUT2D eigenvalue weighted by Gasteiger charge is 2.07. The molecule has 0 amide bonds. The molecule has 0 aliphatic carbocycles. The summed E-state index contributed by atoms with van der Waals surface area (Å²) in [5.41, 5.74) is 2.77. The second-order valence-electron chi connectivity index (χ2n) is 3.72. The highest BCUT2D eigenvalue weighted by atomic mass is 79.9. The monoisotopic (exact) mass is 297 g/mol. The van der Waals surface area contributed by atoms with Crippen LogP contribution in [0.5, 0.6) is 0 Å². The second kappa shape index (κ2) is 5.28. The highest BCUT2D eigenvalue weighted by molar-refractivity contribution is 9.10. The molecule has 0 saturated heterocycles. The number of fused-ring (bicyclic) bond motifs is 1. The molecule has 1 aromatic heterocycles. The van der Waals surface area contributed by atoms with Crippen molar-refractivity contribution in [2.45, 2.75) is 26.1 Å². The fraction of sp³-hybridized carbons (Fsp3) is 0.385. The Morgan fingerprint density at radius 2 is 2.06 bits per heavy atom. The summed E-state index contributed by atoms with van der Waals surface area (Å²) in [6, 6.07) is 8.82. The van der Waals surface area contributed by atoms with E-state index >= 15 is 0 Å². The molecular formula is C13H16BrNS. The Morgan fingerprint density at radius 1 is 1.25 bits per heavy atom. The standard InChI is InChI=1S/C13H16BrNS/c1-3-15-12(9-16-4-2)7-10-5-6-11(14)8-13(10)15/h5-8H,3-4,9H2,1-2H3. The average molecular weight is 298 g/mol. The molecule has 0 fully saturated rings. The lowest BCUT2D eigenvalue weighted by Crippen LogP contribution is -1.98. The lowest BCUT2D eigenvalue weighted by molar-refractivity contribution is 0.765. The molecule has 0 spiro atoms. The van der Waals surface area contributed by atoms with Gasteiger partial charge in [-0.15, -0.1) is 0 Å².